The molecule has 0 amide bonds. The van der Waals surface area contributed by atoms with Crippen LogP contribution in [0.4, 0.5) is 10.1 Å². The lowest BCUT2D eigenvalue weighted by Crippen LogP contribution is -2.50. The van der Waals surface area contributed by atoms with Crippen molar-refractivity contribution in [2.24, 2.45) is 0 Å². The predicted octanol–water partition coefficient (Wildman–Crippen LogP) is 1.95. The lowest BCUT2D eigenvalue weighted by Gasteiger charge is -2.34. The van der Waals surface area contributed by atoms with Gasteiger partial charge in [-0.15, -0.1) is 0 Å². The van der Waals surface area contributed by atoms with E-state index in [1.54, 1.807) is 6.07 Å². The van der Waals surface area contributed by atoms with Crippen molar-refractivity contribution in [2.45, 2.75) is 32.2 Å². The first-order valence-corrected chi connectivity index (χ1v) is 8.73. The minimum atomic E-state index is -3.66. The zero-order chi connectivity index (χ0) is 15.3. The van der Waals surface area contributed by atoms with Gasteiger partial charge in [0.05, 0.1) is 5.69 Å². The van der Waals surface area contributed by atoms with Crippen molar-refractivity contribution >= 4 is 15.9 Å². The van der Waals surface area contributed by atoms with Gasteiger partial charge >= 0.3 is 10.2 Å². The van der Waals surface area contributed by atoms with Gasteiger partial charge in [-0.05, 0) is 37.6 Å². The first kappa shape index (κ1) is 16.2. The Labute approximate surface area is 125 Å². The van der Waals surface area contributed by atoms with Gasteiger partial charge in [-0.3, -0.25) is 4.72 Å². The van der Waals surface area contributed by atoms with E-state index in [-0.39, 0.29) is 11.7 Å². The molecule has 0 radical (unpaired) electrons. The number of likely N-dealkylation sites (N-methyl/N-ethyl adjacent to an activating group) is 1. The molecule has 1 heterocycles. The maximum atomic E-state index is 13.2. The van der Waals surface area contributed by atoms with Gasteiger partial charge in [0.15, 0.2) is 0 Å². The maximum Gasteiger partial charge on any atom is 0.301 e. The fraction of sp³-hybridized carbons (Fsp3) is 0.571. The van der Waals surface area contributed by atoms with Crippen molar-refractivity contribution < 1.29 is 12.8 Å². The first-order chi connectivity index (χ1) is 10.0. The summed E-state index contributed by atoms with van der Waals surface area (Å²) in [6, 6.07) is 5.45. The Morgan fingerprint density at radius 3 is 2.90 bits per heavy atom. The molecule has 0 bridgehead atoms. The molecule has 1 unspecified atom stereocenters. The molecule has 0 spiro atoms. The van der Waals surface area contributed by atoms with Crippen LogP contribution in [-0.4, -0.2) is 38.4 Å². The molecule has 0 aliphatic carbocycles. The lowest BCUT2D eigenvalue weighted by atomic mass is 10.1. The quantitative estimate of drug-likeness (QED) is 0.843. The zero-order valence-corrected chi connectivity index (χ0v) is 13.0. The normalized spacial score (nSPS) is 20.4. The fourth-order valence-corrected chi connectivity index (χ4v) is 4.05. The Hall–Kier alpha value is -1.18. The molecule has 21 heavy (non-hydrogen) atoms. The Balaban J connectivity index is 2.12. The van der Waals surface area contributed by atoms with Crippen molar-refractivity contribution in [1.29, 1.82) is 0 Å². The maximum absolute atomic E-state index is 13.2. The number of hydrogen-bond acceptors (Lipinski definition) is 3. The molecule has 1 aromatic carbocycles. The number of rotatable bonds is 6. The molecular formula is C14H22FN3O2S. The number of anilines is 1. The van der Waals surface area contributed by atoms with Crippen molar-refractivity contribution in [3.05, 3.63) is 30.1 Å². The molecule has 1 aliphatic heterocycles. The third kappa shape index (κ3) is 4.39. The second kappa shape index (κ2) is 7.20. The van der Waals surface area contributed by atoms with Gasteiger partial charge in [0, 0.05) is 19.1 Å². The van der Waals surface area contributed by atoms with Crippen LogP contribution in [-0.2, 0) is 10.2 Å². The van der Waals surface area contributed by atoms with Crippen LogP contribution >= 0.6 is 0 Å². The average Bonchev–Trinajstić information content (AvgIpc) is 2.45. The Bertz CT molecular complexity index is 565. The van der Waals surface area contributed by atoms with E-state index >= 15 is 0 Å². The number of piperidine rings is 1. The van der Waals surface area contributed by atoms with Crippen molar-refractivity contribution in [2.75, 3.05) is 24.4 Å². The van der Waals surface area contributed by atoms with Gasteiger partial charge in [0.1, 0.15) is 5.82 Å². The van der Waals surface area contributed by atoms with E-state index in [0.717, 1.165) is 25.8 Å². The minimum Gasteiger partial charge on any atom is -0.315 e. The molecule has 1 saturated heterocycles. The van der Waals surface area contributed by atoms with Crippen LogP contribution in [0, 0.1) is 5.82 Å². The van der Waals surface area contributed by atoms with Gasteiger partial charge < -0.3 is 5.32 Å². The SMILES string of the molecule is CCNCC1CCCCN1S(=O)(=O)Nc1cccc(F)c1. The standard InChI is InChI=1S/C14H22FN3O2S/c1-2-16-11-14-8-3-4-9-18(14)21(19,20)17-13-7-5-6-12(15)10-13/h5-7,10,14,16-17H,2-4,8-9,11H2,1H3. The van der Waals surface area contributed by atoms with E-state index in [1.165, 1.54) is 22.5 Å². The second-order valence-electron chi connectivity index (χ2n) is 5.19. The van der Waals surface area contributed by atoms with Gasteiger partial charge in [0.25, 0.3) is 0 Å². The van der Waals surface area contributed by atoms with E-state index in [9.17, 15) is 12.8 Å². The summed E-state index contributed by atoms with van der Waals surface area (Å²) in [4.78, 5) is 0. The van der Waals surface area contributed by atoms with Crippen LogP contribution in [0.1, 0.15) is 26.2 Å². The molecule has 0 saturated carbocycles. The monoisotopic (exact) mass is 315 g/mol. The lowest BCUT2D eigenvalue weighted by molar-refractivity contribution is 0.248. The second-order valence-corrected chi connectivity index (χ2v) is 6.81. The van der Waals surface area contributed by atoms with Crippen molar-refractivity contribution in [3.8, 4) is 0 Å². The van der Waals surface area contributed by atoms with Crippen LogP contribution in [0.25, 0.3) is 0 Å². The van der Waals surface area contributed by atoms with Gasteiger partial charge in [-0.25, -0.2) is 4.39 Å². The number of halogens is 1. The molecule has 118 valence electrons. The fourth-order valence-electron chi connectivity index (χ4n) is 2.56. The number of hydrogen-bond donors (Lipinski definition) is 2. The molecule has 2 rings (SSSR count). The molecule has 1 atom stereocenters. The van der Waals surface area contributed by atoms with Crippen LogP contribution in [0.5, 0.6) is 0 Å². The van der Waals surface area contributed by atoms with E-state index in [1.807, 2.05) is 6.92 Å². The largest absolute Gasteiger partial charge is 0.315 e. The number of benzene rings is 1. The first-order valence-electron chi connectivity index (χ1n) is 7.29. The van der Waals surface area contributed by atoms with Crippen LogP contribution in [0.2, 0.25) is 0 Å². The van der Waals surface area contributed by atoms with Gasteiger partial charge in [-0.1, -0.05) is 19.4 Å². The van der Waals surface area contributed by atoms with Gasteiger partial charge in [0.2, 0.25) is 0 Å². The van der Waals surface area contributed by atoms with E-state index in [2.05, 4.69) is 10.0 Å². The topological polar surface area (TPSA) is 61.4 Å². The number of nitrogens with zero attached hydrogens (tertiary/aromatic N) is 1. The summed E-state index contributed by atoms with van der Waals surface area (Å²) < 4.78 is 42.1. The molecule has 5 nitrogen and oxygen atoms in total. The van der Waals surface area contributed by atoms with Crippen molar-refractivity contribution in [3.63, 3.8) is 0 Å². The highest BCUT2D eigenvalue weighted by Crippen LogP contribution is 2.22. The summed E-state index contributed by atoms with van der Waals surface area (Å²) in [5, 5.41) is 3.20. The van der Waals surface area contributed by atoms with Crippen LogP contribution in [0.15, 0.2) is 24.3 Å². The molecule has 1 fully saturated rings. The molecular weight excluding hydrogens is 293 g/mol. The van der Waals surface area contributed by atoms with Crippen LogP contribution in [0.3, 0.4) is 0 Å². The molecule has 1 aliphatic rings. The summed E-state index contributed by atoms with van der Waals surface area (Å²) in [6.07, 6.45) is 2.73. The van der Waals surface area contributed by atoms with E-state index in [0.29, 0.717) is 13.1 Å². The highest BCUT2D eigenvalue weighted by atomic mass is 32.2. The molecule has 2 N–H and O–H groups in total. The minimum absolute atomic E-state index is 0.0511. The van der Waals surface area contributed by atoms with E-state index < -0.39 is 16.0 Å². The highest BCUT2D eigenvalue weighted by Gasteiger charge is 2.31. The zero-order valence-electron chi connectivity index (χ0n) is 12.2. The summed E-state index contributed by atoms with van der Waals surface area (Å²) in [7, 11) is -3.66. The third-order valence-corrected chi connectivity index (χ3v) is 5.18. The van der Waals surface area contributed by atoms with Gasteiger partial charge in [-0.2, -0.15) is 12.7 Å². The summed E-state index contributed by atoms with van der Waals surface area (Å²) >= 11 is 0. The van der Waals surface area contributed by atoms with E-state index in [4.69, 9.17) is 0 Å². The summed E-state index contributed by atoms with van der Waals surface area (Å²) in [5.74, 6) is -0.460. The summed E-state index contributed by atoms with van der Waals surface area (Å²) in [6.45, 7) is 3.94. The molecule has 1 aromatic rings. The summed E-state index contributed by atoms with van der Waals surface area (Å²) in [5.41, 5.74) is 0.253. The molecule has 7 heteroatoms. The Morgan fingerprint density at radius 1 is 1.38 bits per heavy atom. The third-order valence-electron chi connectivity index (χ3n) is 3.58. The smallest absolute Gasteiger partial charge is 0.301 e. The highest BCUT2D eigenvalue weighted by molar-refractivity contribution is 7.90. The Kier molecular flexibility index (Phi) is 5.55. The Morgan fingerprint density at radius 2 is 2.19 bits per heavy atom. The predicted molar refractivity (Wildman–Crippen MR) is 81.8 cm³/mol. The number of nitrogens with one attached hydrogen (secondary N) is 2. The van der Waals surface area contributed by atoms with Crippen molar-refractivity contribution in [1.82, 2.24) is 9.62 Å². The van der Waals surface area contributed by atoms with Crippen LogP contribution < -0.4 is 10.0 Å². The molecule has 0 aromatic heterocycles. The average molecular weight is 315 g/mol.